The van der Waals surface area contributed by atoms with Crippen LogP contribution in [0.25, 0.3) is 176 Å². The fraction of sp³-hybridized carbons (Fsp3) is 0.0549. The smallest absolute Gasteiger partial charge is 0.0971 e. The monoisotopic (exact) mass is 1240 g/mol. The molecule has 456 valence electrons. The highest BCUT2D eigenvalue weighted by molar-refractivity contribution is 6.25. The minimum Gasteiger partial charge on any atom is -0.309 e. The molecule has 0 saturated carbocycles. The largest absolute Gasteiger partial charge is 0.309 e. The third-order valence-corrected chi connectivity index (χ3v) is 20.8. The summed E-state index contributed by atoms with van der Waals surface area (Å²) in [5, 5.41) is 14.4. The van der Waals surface area contributed by atoms with Crippen molar-refractivity contribution in [3.63, 3.8) is 0 Å². The third-order valence-electron chi connectivity index (χ3n) is 20.8. The van der Waals surface area contributed by atoms with Crippen LogP contribution in [-0.4, -0.2) is 29.1 Å². The van der Waals surface area contributed by atoms with Gasteiger partial charge in [-0.15, -0.1) is 0 Å². The van der Waals surface area contributed by atoms with Gasteiger partial charge >= 0.3 is 0 Å². The summed E-state index contributed by atoms with van der Waals surface area (Å²) in [6, 6.07) is 102. The van der Waals surface area contributed by atoms with Crippen molar-refractivity contribution in [2.24, 2.45) is 0 Å². The number of hydrogen-bond donors (Lipinski definition) is 0. The van der Waals surface area contributed by atoms with Crippen LogP contribution in [0.5, 0.6) is 0 Å². The molecule has 0 N–H and O–H groups in total. The van der Waals surface area contributed by atoms with Gasteiger partial charge in [-0.25, -0.2) is 0 Å². The Morgan fingerprint density at radius 1 is 0.237 bits per heavy atom. The van der Waals surface area contributed by atoms with Crippen LogP contribution in [0, 0.1) is 13.8 Å². The van der Waals surface area contributed by atoms with Crippen molar-refractivity contribution in [3.05, 3.63) is 326 Å². The number of aromatic nitrogens is 6. The van der Waals surface area contributed by atoms with Crippen LogP contribution in [0.15, 0.2) is 304 Å². The van der Waals surface area contributed by atoms with Crippen LogP contribution < -0.4 is 0 Å². The maximum Gasteiger partial charge on any atom is 0.0971 e. The summed E-state index contributed by atoms with van der Waals surface area (Å²) in [5.41, 5.74) is 28.7. The van der Waals surface area contributed by atoms with E-state index in [9.17, 15) is 0 Å². The van der Waals surface area contributed by atoms with Crippen LogP contribution in [0.2, 0.25) is 0 Å². The van der Waals surface area contributed by atoms with Crippen molar-refractivity contribution in [3.8, 4) is 67.0 Å². The molecule has 20 rings (SSSR count). The number of para-hydroxylation sites is 4. The summed E-state index contributed by atoms with van der Waals surface area (Å²) in [6.07, 6.45) is 7.14. The average molecular weight is 1240 g/mol. The molecule has 0 bridgehead atoms. The zero-order chi connectivity index (χ0) is 64.6. The minimum absolute atomic E-state index is 0.153. The first-order chi connectivity index (χ1) is 47.7. The Morgan fingerprint density at radius 3 is 1.00 bits per heavy atom. The standard InChI is InChI=1S/C49H33N3.C42H29N3/c1-49(2)43-28-32(30-18-22-40-41(26-30)35-12-6-7-14-39(35)47-48(40)51-25-24-50-47)16-20-36(43)37-21-17-33(29-44(37)49)31-19-23-46-42(27-31)38-13-8-9-15-45(38)52(46)34-10-4-3-5-11-34;1-26-23-36(29-17-19-40-38(25-29)32-13-8-9-15-39(32)45(40)30-10-4-3-5-11-30)27(2)22-35(26)28-16-18-34-37(24-28)31-12-6-7-14-33(31)41-42(34)44-21-20-43-41/h3-29H,1-2H3;3-25H,1-2H3. The summed E-state index contributed by atoms with van der Waals surface area (Å²) in [5.74, 6) is 0. The van der Waals surface area contributed by atoms with E-state index in [1.165, 1.54) is 154 Å². The van der Waals surface area contributed by atoms with Crippen molar-refractivity contribution in [2.75, 3.05) is 0 Å². The topological polar surface area (TPSA) is 61.4 Å². The predicted octanol–water partition coefficient (Wildman–Crippen LogP) is 23.7. The minimum atomic E-state index is -0.153. The van der Waals surface area contributed by atoms with Gasteiger partial charge in [0.15, 0.2) is 0 Å². The Labute approximate surface area is 560 Å². The SMILES string of the molecule is CC1(C)c2cc(-c3ccc4c(c3)c3ccccc3c3nccnc43)ccc2-c2ccc(-c3ccc4c(c3)c3ccccc3n4-c3ccccc3)cc21.Cc1cc(-c2ccc3c(c2)c2ccccc2n3-c2ccccc2)c(C)cc1-c1ccc2c(c1)c1ccccc1c1nccnc21. The summed E-state index contributed by atoms with van der Waals surface area (Å²) in [7, 11) is 0. The molecule has 19 aromatic rings. The molecule has 97 heavy (non-hydrogen) atoms. The zero-order valence-electron chi connectivity index (χ0n) is 54.1. The van der Waals surface area contributed by atoms with Crippen LogP contribution >= 0.6 is 0 Å². The molecule has 0 amide bonds. The molecule has 15 aromatic carbocycles. The summed E-state index contributed by atoms with van der Waals surface area (Å²) in [6.45, 7) is 9.21. The summed E-state index contributed by atoms with van der Waals surface area (Å²) in [4.78, 5) is 18.9. The lowest BCUT2D eigenvalue weighted by atomic mass is 9.80. The number of nitrogens with zero attached hydrogens (tertiary/aromatic N) is 6. The first-order valence-corrected chi connectivity index (χ1v) is 33.4. The van der Waals surface area contributed by atoms with Crippen LogP contribution in [0.4, 0.5) is 0 Å². The van der Waals surface area contributed by atoms with Crippen molar-refractivity contribution < 1.29 is 0 Å². The molecule has 1 aliphatic carbocycles. The third kappa shape index (κ3) is 8.80. The van der Waals surface area contributed by atoms with Crippen LogP contribution in [-0.2, 0) is 5.41 Å². The van der Waals surface area contributed by atoms with E-state index >= 15 is 0 Å². The average Bonchev–Trinajstić information content (AvgIpc) is 1.65. The van der Waals surface area contributed by atoms with Crippen LogP contribution in [0.1, 0.15) is 36.1 Å². The molecule has 4 heterocycles. The molecule has 6 nitrogen and oxygen atoms in total. The second kappa shape index (κ2) is 21.9. The lowest BCUT2D eigenvalue weighted by Gasteiger charge is -2.23. The molecule has 0 spiro atoms. The number of hydrogen-bond acceptors (Lipinski definition) is 4. The number of aryl methyl sites for hydroxylation is 2. The Bertz CT molecular complexity index is 6420. The van der Waals surface area contributed by atoms with Gasteiger partial charge in [-0.1, -0.05) is 208 Å². The summed E-state index contributed by atoms with van der Waals surface area (Å²) < 4.78 is 4.75. The number of rotatable bonds is 6. The van der Waals surface area contributed by atoms with E-state index in [1.807, 2.05) is 0 Å². The molecular formula is C91H62N6. The molecule has 0 aliphatic heterocycles. The molecule has 0 fully saturated rings. The van der Waals surface area contributed by atoms with Gasteiger partial charge in [0.05, 0.1) is 44.1 Å². The molecule has 0 saturated heterocycles. The van der Waals surface area contributed by atoms with Gasteiger partial charge in [0.1, 0.15) is 0 Å². The van der Waals surface area contributed by atoms with E-state index in [0.29, 0.717) is 0 Å². The van der Waals surface area contributed by atoms with Crippen molar-refractivity contribution in [1.29, 1.82) is 0 Å². The van der Waals surface area contributed by atoms with Crippen molar-refractivity contribution >= 4 is 109 Å². The van der Waals surface area contributed by atoms with E-state index in [4.69, 9.17) is 19.9 Å². The van der Waals surface area contributed by atoms with Crippen LogP contribution in [0.3, 0.4) is 0 Å². The molecule has 1 aliphatic rings. The normalized spacial score (nSPS) is 12.6. The van der Waals surface area contributed by atoms with E-state index < -0.39 is 0 Å². The molecule has 0 atom stereocenters. The summed E-state index contributed by atoms with van der Waals surface area (Å²) >= 11 is 0. The van der Waals surface area contributed by atoms with Crippen molar-refractivity contribution in [2.45, 2.75) is 33.1 Å². The molecule has 0 radical (unpaired) electrons. The quantitative estimate of drug-likeness (QED) is 0.156. The lowest BCUT2D eigenvalue weighted by molar-refractivity contribution is 0.661. The maximum absolute atomic E-state index is 4.76. The fourth-order valence-electron chi connectivity index (χ4n) is 16.1. The fourth-order valence-corrected chi connectivity index (χ4v) is 16.1. The van der Waals surface area contributed by atoms with Gasteiger partial charge < -0.3 is 9.13 Å². The Morgan fingerprint density at radius 2 is 0.546 bits per heavy atom. The zero-order valence-corrected chi connectivity index (χ0v) is 54.1. The Hall–Kier alpha value is -12.4. The predicted molar refractivity (Wildman–Crippen MR) is 407 cm³/mol. The first kappa shape index (κ1) is 56.2. The van der Waals surface area contributed by atoms with Gasteiger partial charge in [0.2, 0.25) is 0 Å². The van der Waals surface area contributed by atoms with Gasteiger partial charge in [-0.2, -0.15) is 0 Å². The van der Waals surface area contributed by atoms with E-state index in [0.717, 1.165) is 43.6 Å². The molecule has 6 heteroatoms. The highest BCUT2D eigenvalue weighted by Crippen LogP contribution is 2.52. The maximum atomic E-state index is 4.76. The number of fused-ring (bicyclic) bond motifs is 21. The highest BCUT2D eigenvalue weighted by atomic mass is 15.0. The number of benzene rings is 15. The molecular weight excluding hydrogens is 1180 g/mol. The van der Waals surface area contributed by atoms with Gasteiger partial charge in [-0.05, 0) is 198 Å². The van der Waals surface area contributed by atoms with Crippen molar-refractivity contribution in [1.82, 2.24) is 29.1 Å². The van der Waals surface area contributed by atoms with E-state index in [1.54, 1.807) is 24.8 Å². The second-order valence-electron chi connectivity index (χ2n) is 26.6. The first-order valence-electron chi connectivity index (χ1n) is 33.4. The van der Waals surface area contributed by atoms with Gasteiger partial charge in [-0.3, -0.25) is 19.9 Å². The van der Waals surface area contributed by atoms with Gasteiger partial charge in [0.25, 0.3) is 0 Å². The lowest BCUT2D eigenvalue weighted by Crippen LogP contribution is -2.15. The highest BCUT2D eigenvalue weighted by Gasteiger charge is 2.36. The molecule has 0 unspecified atom stereocenters. The van der Waals surface area contributed by atoms with E-state index in [-0.39, 0.29) is 5.41 Å². The van der Waals surface area contributed by atoms with Gasteiger partial charge in [0, 0.05) is 84.7 Å². The Kier molecular flexibility index (Phi) is 12.7. The second-order valence-corrected chi connectivity index (χ2v) is 26.6. The van der Waals surface area contributed by atoms with E-state index in [2.05, 4.69) is 316 Å². The molecule has 4 aromatic heterocycles. The Balaban J connectivity index is 0.000000138.